The monoisotopic (exact) mass is 410 g/mol. The number of carbonyl (C=O) groups is 1. The highest BCUT2D eigenvalue weighted by atomic mass is 16.1. The van der Waals surface area contributed by atoms with E-state index in [1.807, 2.05) is 24.3 Å². The zero-order chi connectivity index (χ0) is 21.1. The van der Waals surface area contributed by atoms with Gasteiger partial charge in [0, 0.05) is 24.5 Å². The number of carbonyl (C=O) groups excluding carboxylic acids is 1. The van der Waals surface area contributed by atoms with Crippen molar-refractivity contribution in [1.82, 2.24) is 20.0 Å². The average molecular weight is 411 g/mol. The fraction of sp³-hybridized carbons (Fsp3) is 0.625. The smallest absolute Gasteiger partial charge is 0.274 e. The minimum Gasteiger partial charge on any atom is -0.355 e. The fourth-order valence-electron chi connectivity index (χ4n) is 5.18. The van der Waals surface area contributed by atoms with E-state index in [9.17, 15) is 9.59 Å². The number of hydrogen-bond donors (Lipinski definition) is 1. The Hall–Kier alpha value is -2.21. The third-order valence-corrected chi connectivity index (χ3v) is 6.60. The van der Waals surface area contributed by atoms with Crippen molar-refractivity contribution in [1.29, 1.82) is 0 Å². The Morgan fingerprint density at radius 3 is 2.70 bits per heavy atom. The summed E-state index contributed by atoms with van der Waals surface area (Å²) in [5.41, 5.74) is 0.606. The van der Waals surface area contributed by atoms with Gasteiger partial charge in [-0.3, -0.25) is 9.59 Å². The van der Waals surface area contributed by atoms with Crippen LogP contribution >= 0.6 is 0 Å². The van der Waals surface area contributed by atoms with Crippen LogP contribution in [0.1, 0.15) is 51.6 Å². The molecular formula is C24H34N4O2. The second-order valence-corrected chi connectivity index (χ2v) is 9.36. The van der Waals surface area contributed by atoms with Crippen LogP contribution < -0.4 is 10.9 Å². The van der Waals surface area contributed by atoms with Crippen molar-refractivity contribution in [3.63, 3.8) is 0 Å². The lowest BCUT2D eigenvalue weighted by atomic mass is 9.83. The molecule has 4 rings (SSSR count). The molecule has 6 heteroatoms. The van der Waals surface area contributed by atoms with Crippen LogP contribution in [-0.4, -0.2) is 46.3 Å². The number of fused-ring (bicyclic) bond motifs is 2. The molecule has 6 nitrogen and oxygen atoms in total. The summed E-state index contributed by atoms with van der Waals surface area (Å²) < 4.78 is 1.52. The molecule has 0 bridgehead atoms. The number of benzene rings is 1. The number of hydrogen-bond acceptors (Lipinski definition) is 4. The lowest BCUT2D eigenvalue weighted by Gasteiger charge is -2.44. The Morgan fingerprint density at radius 1 is 1.13 bits per heavy atom. The first-order valence-corrected chi connectivity index (χ1v) is 11.5. The van der Waals surface area contributed by atoms with Crippen molar-refractivity contribution in [2.45, 2.75) is 65.0 Å². The summed E-state index contributed by atoms with van der Waals surface area (Å²) in [7, 11) is 0. The number of aromatic nitrogens is 2. The van der Waals surface area contributed by atoms with Crippen LogP contribution in [0.5, 0.6) is 0 Å². The molecule has 2 fully saturated rings. The summed E-state index contributed by atoms with van der Waals surface area (Å²) in [5, 5.41) is 9.18. The molecule has 0 radical (unpaired) electrons. The first kappa shape index (κ1) is 21.0. The van der Waals surface area contributed by atoms with Gasteiger partial charge < -0.3 is 10.2 Å². The molecular weight excluding hydrogens is 376 g/mol. The van der Waals surface area contributed by atoms with Gasteiger partial charge in [-0.05, 0) is 56.7 Å². The first-order valence-electron chi connectivity index (χ1n) is 11.5. The van der Waals surface area contributed by atoms with Crippen LogP contribution in [0, 0.1) is 11.8 Å². The van der Waals surface area contributed by atoms with Gasteiger partial charge in [-0.1, -0.05) is 38.5 Å². The Kier molecular flexibility index (Phi) is 6.52. The molecule has 1 N–H and O–H groups in total. The van der Waals surface area contributed by atoms with Gasteiger partial charge in [0.15, 0.2) is 0 Å². The van der Waals surface area contributed by atoms with Crippen LogP contribution in [0.2, 0.25) is 0 Å². The second kappa shape index (κ2) is 9.29. The second-order valence-electron chi connectivity index (χ2n) is 9.36. The molecule has 0 spiro atoms. The Morgan fingerprint density at radius 2 is 1.90 bits per heavy atom. The molecule has 0 saturated carbocycles. The zero-order valence-corrected chi connectivity index (χ0v) is 18.3. The van der Waals surface area contributed by atoms with Crippen LogP contribution in [0.3, 0.4) is 0 Å². The number of nitrogens with zero attached hydrogens (tertiary/aromatic N) is 3. The molecule has 1 aromatic heterocycles. The predicted molar refractivity (Wildman–Crippen MR) is 119 cm³/mol. The van der Waals surface area contributed by atoms with Crippen LogP contribution in [-0.2, 0) is 17.8 Å². The van der Waals surface area contributed by atoms with Crippen LogP contribution in [0.25, 0.3) is 10.8 Å². The third-order valence-electron chi connectivity index (χ3n) is 6.60. The highest BCUT2D eigenvalue weighted by Gasteiger charge is 2.32. The minimum absolute atomic E-state index is 0.00432. The average Bonchev–Trinajstić information content (AvgIpc) is 2.75. The van der Waals surface area contributed by atoms with E-state index in [-0.39, 0.29) is 17.9 Å². The number of rotatable bonds is 6. The molecule has 162 valence electrons. The van der Waals surface area contributed by atoms with Gasteiger partial charge in [0.1, 0.15) is 0 Å². The summed E-state index contributed by atoms with van der Waals surface area (Å²) in [6.45, 7) is 7.84. The van der Waals surface area contributed by atoms with E-state index < -0.39 is 0 Å². The molecule has 2 aliphatic rings. The van der Waals surface area contributed by atoms with Gasteiger partial charge in [0.2, 0.25) is 5.91 Å². The van der Waals surface area contributed by atoms with Gasteiger partial charge in [0.25, 0.3) is 5.56 Å². The van der Waals surface area contributed by atoms with E-state index in [0.717, 1.165) is 11.9 Å². The van der Waals surface area contributed by atoms with Gasteiger partial charge in [-0.25, -0.2) is 4.68 Å². The molecule has 2 saturated heterocycles. The lowest BCUT2D eigenvalue weighted by Crippen LogP contribution is -2.51. The molecule has 3 heterocycles. The maximum atomic E-state index is 12.8. The van der Waals surface area contributed by atoms with E-state index >= 15 is 0 Å². The first-order chi connectivity index (χ1) is 14.5. The van der Waals surface area contributed by atoms with Crippen molar-refractivity contribution in [3.05, 3.63) is 40.3 Å². The largest absolute Gasteiger partial charge is 0.355 e. The van der Waals surface area contributed by atoms with Crippen molar-refractivity contribution < 1.29 is 4.79 Å². The summed E-state index contributed by atoms with van der Waals surface area (Å²) in [5.74, 6) is 0.848. The maximum absolute atomic E-state index is 12.8. The van der Waals surface area contributed by atoms with Crippen molar-refractivity contribution in [3.8, 4) is 0 Å². The molecule has 2 atom stereocenters. The van der Waals surface area contributed by atoms with Crippen LogP contribution in [0.15, 0.2) is 29.1 Å². The van der Waals surface area contributed by atoms with Crippen LogP contribution in [0.4, 0.5) is 0 Å². The molecule has 0 aliphatic carbocycles. The highest BCUT2D eigenvalue weighted by molar-refractivity contribution is 5.88. The molecule has 2 aliphatic heterocycles. The normalized spacial score (nSPS) is 22.2. The number of amides is 1. The molecule has 2 aromatic rings. The standard InChI is InChI=1S/C24H34N4O2/c1-17(2)16-28-24(30)20-10-4-3-9-19(20)21(26-28)14-23(29)25-15-18-8-7-13-27-12-6-5-11-22(18)27/h3-4,9-10,17-18,22H,5-8,11-16H2,1-2H3,(H,25,29)/t18-,22+/m1/s1. The van der Waals surface area contributed by atoms with E-state index in [1.165, 1.54) is 49.9 Å². The summed E-state index contributed by atoms with van der Waals surface area (Å²) in [6, 6.07) is 8.12. The highest BCUT2D eigenvalue weighted by Crippen LogP contribution is 2.30. The Labute approximate surface area is 178 Å². The van der Waals surface area contributed by atoms with E-state index in [2.05, 4.69) is 29.2 Å². The van der Waals surface area contributed by atoms with E-state index in [0.29, 0.717) is 35.5 Å². The molecule has 0 unspecified atom stereocenters. The number of nitrogens with one attached hydrogen (secondary N) is 1. The van der Waals surface area contributed by atoms with Crippen molar-refractivity contribution in [2.75, 3.05) is 19.6 Å². The molecule has 1 aromatic carbocycles. The van der Waals surface area contributed by atoms with Gasteiger partial charge in [-0.2, -0.15) is 5.10 Å². The SMILES string of the molecule is CC(C)Cn1nc(CC(=O)NC[C@H]2CCCN3CCCC[C@@H]23)c2ccccc2c1=O. The fourth-order valence-corrected chi connectivity index (χ4v) is 5.18. The van der Waals surface area contributed by atoms with E-state index in [4.69, 9.17) is 0 Å². The van der Waals surface area contributed by atoms with Crippen molar-refractivity contribution >= 4 is 16.7 Å². The summed E-state index contributed by atoms with van der Waals surface area (Å²) >= 11 is 0. The third kappa shape index (κ3) is 4.59. The quantitative estimate of drug-likeness (QED) is 0.795. The summed E-state index contributed by atoms with van der Waals surface area (Å²) in [4.78, 5) is 28.2. The number of piperidine rings is 2. The van der Waals surface area contributed by atoms with Gasteiger partial charge in [0.05, 0.1) is 17.5 Å². The Balaban J connectivity index is 1.47. The minimum atomic E-state index is -0.0805. The van der Waals surface area contributed by atoms with Gasteiger partial charge >= 0.3 is 0 Å². The predicted octanol–water partition coefficient (Wildman–Crippen LogP) is 2.98. The maximum Gasteiger partial charge on any atom is 0.274 e. The van der Waals surface area contributed by atoms with E-state index in [1.54, 1.807) is 0 Å². The van der Waals surface area contributed by atoms with Gasteiger partial charge in [-0.15, -0.1) is 0 Å². The zero-order valence-electron chi connectivity index (χ0n) is 18.3. The molecule has 1 amide bonds. The summed E-state index contributed by atoms with van der Waals surface area (Å²) in [6.07, 6.45) is 6.50. The molecule has 30 heavy (non-hydrogen) atoms. The van der Waals surface area contributed by atoms with Crippen molar-refractivity contribution in [2.24, 2.45) is 11.8 Å². The Bertz CT molecular complexity index is 950. The lowest BCUT2D eigenvalue weighted by molar-refractivity contribution is -0.120. The topological polar surface area (TPSA) is 67.2 Å².